The molecule has 0 radical (unpaired) electrons. The molecule has 3 heteroatoms. The Bertz CT molecular complexity index is 627. The van der Waals surface area contributed by atoms with E-state index in [0.29, 0.717) is 6.04 Å². The van der Waals surface area contributed by atoms with Crippen molar-refractivity contribution in [2.45, 2.75) is 44.2 Å². The molecule has 21 heavy (non-hydrogen) atoms. The van der Waals surface area contributed by atoms with Crippen molar-refractivity contribution in [3.63, 3.8) is 0 Å². The second kappa shape index (κ2) is 5.38. The number of methoxy groups -OCH3 is 1. The van der Waals surface area contributed by atoms with Gasteiger partial charge < -0.3 is 9.30 Å². The molecular formula is C18H24N2O. The average Bonchev–Trinajstić information content (AvgIpc) is 2.90. The van der Waals surface area contributed by atoms with Gasteiger partial charge in [-0.25, -0.2) is 0 Å². The first kappa shape index (κ1) is 13.2. The van der Waals surface area contributed by atoms with Gasteiger partial charge in [0.25, 0.3) is 0 Å². The van der Waals surface area contributed by atoms with Crippen LogP contribution in [0.5, 0.6) is 5.75 Å². The summed E-state index contributed by atoms with van der Waals surface area (Å²) in [6.45, 7) is 2.60. The van der Waals surface area contributed by atoms with Gasteiger partial charge in [0.2, 0.25) is 0 Å². The van der Waals surface area contributed by atoms with Crippen molar-refractivity contribution < 1.29 is 4.74 Å². The first-order valence-electron chi connectivity index (χ1n) is 8.25. The van der Waals surface area contributed by atoms with Crippen molar-refractivity contribution in [1.82, 2.24) is 9.47 Å². The standard InChI is InChI=1S/C18H24N2O/c1-21-15-5-6-16-14(13-15)9-12-20(16)18-8-7-17(18)19-10-3-2-4-11-19/h5-6,9,12-13,17-18H,2-4,7-8,10-11H2,1H3. The molecule has 3 nitrogen and oxygen atoms in total. The molecule has 2 heterocycles. The highest BCUT2D eigenvalue weighted by Gasteiger charge is 2.37. The molecule has 0 bridgehead atoms. The maximum absolute atomic E-state index is 5.33. The molecule has 1 saturated heterocycles. The fraction of sp³-hybridized carbons (Fsp3) is 0.556. The van der Waals surface area contributed by atoms with Gasteiger partial charge in [0.15, 0.2) is 0 Å². The number of nitrogens with zero attached hydrogens (tertiary/aromatic N) is 2. The molecule has 0 N–H and O–H groups in total. The lowest BCUT2D eigenvalue weighted by atomic mass is 9.83. The van der Waals surface area contributed by atoms with Gasteiger partial charge in [-0.3, -0.25) is 4.90 Å². The normalized spacial score (nSPS) is 26.7. The zero-order valence-corrected chi connectivity index (χ0v) is 12.8. The number of hydrogen-bond donors (Lipinski definition) is 0. The van der Waals surface area contributed by atoms with E-state index >= 15 is 0 Å². The number of benzene rings is 1. The fourth-order valence-corrected chi connectivity index (χ4v) is 4.02. The molecule has 1 saturated carbocycles. The Morgan fingerprint density at radius 2 is 1.81 bits per heavy atom. The molecule has 1 aromatic carbocycles. The van der Waals surface area contributed by atoms with Crippen LogP contribution in [0.4, 0.5) is 0 Å². The summed E-state index contributed by atoms with van der Waals surface area (Å²) in [7, 11) is 1.73. The number of hydrogen-bond acceptors (Lipinski definition) is 2. The maximum atomic E-state index is 5.33. The molecule has 1 aliphatic carbocycles. The Labute approximate surface area is 126 Å². The quantitative estimate of drug-likeness (QED) is 0.852. The summed E-state index contributed by atoms with van der Waals surface area (Å²) in [4.78, 5) is 2.73. The SMILES string of the molecule is COc1ccc2c(ccn2C2CCC2N2CCCCC2)c1. The van der Waals surface area contributed by atoms with E-state index in [1.165, 1.54) is 56.1 Å². The van der Waals surface area contributed by atoms with E-state index in [2.05, 4.69) is 39.9 Å². The van der Waals surface area contributed by atoms with Crippen LogP contribution < -0.4 is 4.74 Å². The maximum Gasteiger partial charge on any atom is 0.119 e. The van der Waals surface area contributed by atoms with Crippen LogP contribution in [-0.4, -0.2) is 35.7 Å². The highest BCUT2D eigenvalue weighted by Crippen LogP contribution is 2.40. The molecular weight excluding hydrogens is 260 g/mol. The van der Waals surface area contributed by atoms with Crippen LogP contribution >= 0.6 is 0 Å². The van der Waals surface area contributed by atoms with Gasteiger partial charge in [0, 0.05) is 29.2 Å². The molecule has 1 aromatic heterocycles. The topological polar surface area (TPSA) is 17.4 Å². The van der Waals surface area contributed by atoms with Crippen LogP contribution in [0.25, 0.3) is 10.9 Å². The first-order chi connectivity index (χ1) is 10.4. The van der Waals surface area contributed by atoms with Gasteiger partial charge in [-0.05, 0) is 63.0 Å². The monoisotopic (exact) mass is 284 g/mol. The molecule has 0 spiro atoms. The van der Waals surface area contributed by atoms with E-state index in [9.17, 15) is 0 Å². The smallest absolute Gasteiger partial charge is 0.119 e. The lowest BCUT2D eigenvalue weighted by Gasteiger charge is -2.46. The van der Waals surface area contributed by atoms with E-state index in [4.69, 9.17) is 4.74 Å². The third-order valence-electron chi connectivity index (χ3n) is 5.35. The summed E-state index contributed by atoms with van der Waals surface area (Å²) < 4.78 is 7.83. The van der Waals surface area contributed by atoms with Crippen LogP contribution in [0.3, 0.4) is 0 Å². The van der Waals surface area contributed by atoms with Gasteiger partial charge in [-0.15, -0.1) is 0 Å². The van der Waals surface area contributed by atoms with Crippen molar-refractivity contribution in [2.75, 3.05) is 20.2 Å². The second-order valence-corrected chi connectivity index (χ2v) is 6.46. The molecule has 0 amide bonds. The summed E-state index contributed by atoms with van der Waals surface area (Å²) in [5.74, 6) is 0.946. The summed E-state index contributed by atoms with van der Waals surface area (Å²) in [5, 5.41) is 1.29. The number of ether oxygens (including phenoxy) is 1. The Balaban J connectivity index is 1.61. The Morgan fingerprint density at radius 3 is 2.52 bits per heavy atom. The predicted octanol–water partition coefficient (Wildman–Crippen LogP) is 3.84. The van der Waals surface area contributed by atoms with Gasteiger partial charge in [-0.1, -0.05) is 6.42 Å². The summed E-state index contributed by atoms with van der Waals surface area (Å²) in [6.07, 6.45) is 9.13. The fourth-order valence-electron chi connectivity index (χ4n) is 4.02. The Kier molecular flexibility index (Phi) is 3.38. The third kappa shape index (κ3) is 2.24. The number of aromatic nitrogens is 1. The van der Waals surface area contributed by atoms with Crippen LogP contribution in [-0.2, 0) is 0 Å². The Morgan fingerprint density at radius 1 is 1.00 bits per heavy atom. The highest BCUT2D eigenvalue weighted by atomic mass is 16.5. The highest BCUT2D eigenvalue weighted by molar-refractivity contribution is 5.81. The molecule has 2 fully saturated rings. The van der Waals surface area contributed by atoms with E-state index in [1.54, 1.807) is 7.11 Å². The minimum atomic E-state index is 0.661. The zero-order chi connectivity index (χ0) is 14.2. The lowest BCUT2D eigenvalue weighted by molar-refractivity contribution is 0.0550. The summed E-state index contributed by atoms with van der Waals surface area (Å²) >= 11 is 0. The van der Waals surface area contributed by atoms with E-state index in [1.807, 2.05) is 0 Å². The number of piperidine rings is 1. The van der Waals surface area contributed by atoms with E-state index in [0.717, 1.165) is 11.8 Å². The minimum absolute atomic E-state index is 0.661. The lowest BCUT2D eigenvalue weighted by Crippen LogP contribution is -2.49. The van der Waals surface area contributed by atoms with E-state index < -0.39 is 0 Å². The minimum Gasteiger partial charge on any atom is -0.497 e. The molecule has 2 atom stereocenters. The number of likely N-dealkylation sites (tertiary alicyclic amines) is 1. The van der Waals surface area contributed by atoms with Crippen molar-refractivity contribution in [2.24, 2.45) is 0 Å². The number of fused-ring (bicyclic) bond motifs is 1. The Hall–Kier alpha value is -1.48. The van der Waals surface area contributed by atoms with Crippen molar-refractivity contribution in [1.29, 1.82) is 0 Å². The number of rotatable bonds is 3. The average molecular weight is 284 g/mol. The predicted molar refractivity (Wildman–Crippen MR) is 86.0 cm³/mol. The van der Waals surface area contributed by atoms with Crippen LogP contribution in [0.1, 0.15) is 38.1 Å². The van der Waals surface area contributed by atoms with Crippen molar-refractivity contribution in [3.8, 4) is 5.75 Å². The van der Waals surface area contributed by atoms with Crippen LogP contribution in [0.15, 0.2) is 30.5 Å². The third-order valence-corrected chi connectivity index (χ3v) is 5.35. The summed E-state index contributed by atoms with van der Waals surface area (Å²) in [6, 6.07) is 10.1. The van der Waals surface area contributed by atoms with E-state index in [-0.39, 0.29) is 0 Å². The molecule has 4 rings (SSSR count). The largest absolute Gasteiger partial charge is 0.497 e. The van der Waals surface area contributed by atoms with Gasteiger partial charge >= 0.3 is 0 Å². The van der Waals surface area contributed by atoms with Gasteiger partial charge in [0.05, 0.1) is 7.11 Å². The molecule has 2 aliphatic rings. The van der Waals surface area contributed by atoms with Crippen LogP contribution in [0, 0.1) is 0 Å². The van der Waals surface area contributed by atoms with Gasteiger partial charge in [0.1, 0.15) is 5.75 Å². The molecule has 112 valence electrons. The molecule has 2 unspecified atom stereocenters. The van der Waals surface area contributed by atoms with Crippen molar-refractivity contribution >= 4 is 10.9 Å². The van der Waals surface area contributed by atoms with Crippen LogP contribution in [0.2, 0.25) is 0 Å². The first-order valence-corrected chi connectivity index (χ1v) is 8.25. The van der Waals surface area contributed by atoms with Crippen molar-refractivity contribution in [3.05, 3.63) is 30.5 Å². The molecule has 2 aromatic rings. The second-order valence-electron chi connectivity index (χ2n) is 6.46. The summed E-state index contributed by atoms with van der Waals surface area (Å²) in [5.41, 5.74) is 1.35. The zero-order valence-electron chi connectivity index (χ0n) is 12.8. The van der Waals surface area contributed by atoms with Gasteiger partial charge in [-0.2, -0.15) is 0 Å². The molecule has 1 aliphatic heterocycles.